The number of carbonyl (C=O) groups excluding carboxylic acids is 1. The lowest BCUT2D eigenvalue weighted by atomic mass is 10.2. The van der Waals surface area contributed by atoms with E-state index in [1.54, 1.807) is 6.07 Å². The van der Waals surface area contributed by atoms with Crippen LogP contribution in [-0.2, 0) is 13.1 Å². The highest BCUT2D eigenvalue weighted by atomic mass is 35.5. The fraction of sp³-hybridized carbons (Fsp3) is 0.500. The maximum Gasteiger partial charge on any atom is 0.250 e. The number of primary amides is 1. The van der Waals surface area contributed by atoms with Crippen molar-refractivity contribution < 1.29 is 4.79 Å². The summed E-state index contributed by atoms with van der Waals surface area (Å²) in [4.78, 5) is 20.2. The Hall–Kier alpha value is -2.12. The molecule has 2 aromatic rings. The lowest BCUT2D eigenvalue weighted by Crippen LogP contribution is -2.31. The topological polar surface area (TPSA) is 80.3 Å². The van der Waals surface area contributed by atoms with Crippen LogP contribution in [0.1, 0.15) is 35.7 Å². The van der Waals surface area contributed by atoms with E-state index in [1.807, 2.05) is 10.9 Å². The molecule has 0 radical (unpaired) electrons. The Kier molecular flexibility index (Phi) is 6.11. The smallest absolute Gasteiger partial charge is 0.250 e. The van der Waals surface area contributed by atoms with Crippen LogP contribution in [0.15, 0.2) is 24.7 Å². The molecule has 8 heteroatoms. The average molecular weight is 377 g/mol. The third kappa shape index (κ3) is 4.53. The van der Waals surface area contributed by atoms with Crippen molar-refractivity contribution in [2.45, 2.75) is 32.9 Å². The molecule has 1 fully saturated rings. The van der Waals surface area contributed by atoms with Crippen LogP contribution in [0.4, 0.5) is 5.82 Å². The number of halogens is 1. The van der Waals surface area contributed by atoms with Gasteiger partial charge in [0.25, 0.3) is 0 Å². The summed E-state index contributed by atoms with van der Waals surface area (Å²) in [5.41, 5.74) is 6.86. The normalized spacial score (nSPS) is 15.8. The van der Waals surface area contributed by atoms with E-state index in [0.29, 0.717) is 16.4 Å². The third-order valence-electron chi connectivity index (χ3n) is 4.54. The first kappa shape index (κ1) is 18.7. The predicted octanol–water partition coefficient (Wildman–Crippen LogP) is 2.15. The number of amides is 1. The quantitative estimate of drug-likeness (QED) is 0.835. The van der Waals surface area contributed by atoms with Gasteiger partial charge in [0.05, 0.1) is 16.8 Å². The van der Waals surface area contributed by atoms with Gasteiger partial charge in [0.2, 0.25) is 5.91 Å². The Morgan fingerprint density at radius 1 is 1.27 bits per heavy atom. The minimum Gasteiger partial charge on any atom is -0.366 e. The van der Waals surface area contributed by atoms with E-state index in [9.17, 15) is 4.79 Å². The SMILES string of the molecule is CCCn1cc(CN2CCCN(c3ncc(C(N)=O)cc3Cl)CC2)cn1. The molecule has 1 amide bonds. The number of pyridine rings is 1. The second-order valence-electron chi connectivity index (χ2n) is 6.62. The summed E-state index contributed by atoms with van der Waals surface area (Å²) in [6.07, 6.45) is 7.70. The van der Waals surface area contributed by atoms with E-state index >= 15 is 0 Å². The maximum absolute atomic E-state index is 11.3. The first-order chi connectivity index (χ1) is 12.6. The van der Waals surface area contributed by atoms with Crippen LogP contribution >= 0.6 is 11.6 Å². The lowest BCUT2D eigenvalue weighted by Gasteiger charge is -2.23. The molecular formula is C18H25ClN6O. The van der Waals surface area contributed by atoms with E-state index in [2.05, 4.69) is 33.0 Å². The summed E-state index contributed by atoms with van der Waals surface area (Å²) in [5, 5.41) is 4.87. The van der Waals surface area contributed by atoms with Crippen LogP contribution in [0.25, 0.3) is 0 Å². The van der Waals surface area contributed by atoms with Crippen LogP contribution < -0.4 is 10.6 Å². The Labute approximate surface area is 158 Å². The van der Waals surface area contributed by atoms with Gasteiger partial charge in [-0.2, -0.15) is 5.10 Å². The van der Waals surface area contributed by atoms with Crippen molar-refractivity contribution in [1.29, 1.82) is 0 Å². The fourth-order valence-corrected chi connectivity index (χ4v) is 3.52. The van der Waals surface area contributed by atoms with Crippen molar-refractivity contribution in [3.63, 3.8) is 0 Å². The monoisotopic (exact) mass is 376 g/mol. The second kappa shape index (κ2) is 8.51. The second-order valence-corrected chi connectivity index (χ2v) is 7.03. The van der Waals surface area contributed by atoms with Crippen molar-refractivity contribution >= 4 is 23.3 Å². The zero-order chi connectivity index (χ0) is 18.5. The van der Waals surface area contributed by atoms with Gasteiger partial charge in [-0.1, -0.05) is 18.5 Å². The van der Waals surface area contributed by atoms with Crippen molar-refractivity contribution in [3.8, 4) is 0 Å². The fourth-order valence-electron chi connectivity index (χ4n) is 3.24. The number of rotatable bonds is 6. The van der Waals surface area contributed by atoms with Gasteiger partial charge in [0.15, 0.2) is 0 Å². The van der Waals surface area contributed by atoms with Gasteiger partial charge in [-0.15, -0.1) is 0 Å². The van der Waals surface area contributed by atoms with Gasteiger partial charge >= 0.3 is 0 Å². The van der Waals surface area contributed by atoms with Gasteiger partial charge in [-0.3, -0.25) is 14.4 Å². The molecule has 0 aromatic carbocycles. The number of aromatic nitrogens is 3. The minimum absolute atomic E-state index is 0.333. The Morgan fingerprint density at radius 3 is 2.85 bits per heavy atom. The highest BCUT2D eigenvalue weighted by Crippen LogP contribution is 2.25. The highest BCUT2D eigenvalue weighted by molar-refractivity contribution is 6.33. The molecule has 0 aliphatic carbocycles. The highest BCUT2D eigenvalue weighted by Gasteiger charge is 2.19. The zero-order valence-corrected chi connectivity index (χ0v) is 15.8. The van der Waals surface area contributed by atoms with Gasteiger partial charge in [-0.05, 0) is 18.9 Å². The Bertz CT molecular complexity index is 762. The van der Waals surface area contributed by atoms with Gasteiger partial charge in [0, 0.05) is 57.2 Å². The number of nitrogens with two attached hydrogens (primary N) is 1. The van der Waals surface area contributed by atoms with Crippen LogP contribution in [-0.4, -0.2) is 51.8 Å². The molecule has 0 saturated carbocycles. The standard InChI is InChI=1S/C18H25ClN6O/c1-2-4-25-13-14(10-22-25)12-23-5-3-6-24(8-7-23)18-16(19)9-15(11-21-18)17(20)26/h9-11,13H,2-8,12H2,1H3,(H2,20,26). The molecule has 3 rings (SSSR count). The van der Waals surface area contributed by atoms with Crippen molar-refractivity contribution in [2.75, 3.05) is 31.1 Å². The summed E-state index contributed by atoms with van der Waals surface area (Å²) < 4.78 is 2.00. The molecule has 0 unspecified atom stereocenters. The molecule has 1 saturated heterocycles. The molecule has 140 valence electrons. The van der Waals surface area contributed by atoms with E-state index < -0.39 is 5.91 Å². The molecule has 0 atom stereocenters. The number of carbonyl (C=O) groups is 1. The molecule has 1 aliphatic rings. The minimum atomic E-state index is -0.517. The maximum atomic E-state index is 11.3. The van der Waals surface area contributed by atoms with Gasteiger partial charge in [-0.25, -0.2) is 4.98 Å². The predicted molar refractivity (Wildman–Crippen MR) is 102 cm³/mol. The molecule has 3 heterocycles. The molecule has 0 bridgehead atoms. The van der Waals surface area contributed by atoms with E-state index in [-0.39, 0.29) is 0 Å². The average Bonchev–Trinajstić information content (AvgIpc) is 2.92. The largest absolute Gasteiger partial charge is 0.366 e. The summed E-state index contributed by atoms with van der Waals surface area (Å²) in [5.74, 6) is 0.200. The first-order valence-corrected chi connectivity index (χ1v) is 9.38. The zero-order valence-electron chi connectivity index (χ0n) is 15.1. The number of hydrogen-bond donors (Lipinski definition) is 1. The number of nitrogens with zero attached hydrogens (tertiary/aromatic N) is 5. The number of aryl methyl sites for hydroxylation is 1. The number of hydrogen-bond acceptors (Lipinski definition) is 5. The molecule has 1 aliphatic heterocycles. The molecule has 2 aromatic heterocycles. The van der Waals surface area contributed by atoms with Crippen LogP contribution in [0.2, 0.25) is 5.02 Å². The first-order valence-electron chi connectivity index (χ1n) is 9.00. The van der Waals surface area contributed by atoms with Crippen LogP contribution in [0.3, 0.4) is 0 Å². The summed E-state index contributed by atoms with van der Waals surface area (Å²) in [6, 6.07) is 1.59. The molecule has 26 heavy (non-hydrogen) atoms. The lowest BCUT2D eigenvalue weighted by molar-refractivity contribution is 0.1000. The molecule has 2 N–H and O–H groups in total. The van der Waals surface area contributed by atoms with Gasteiger partial charge < -0.3 is 10.6 Å². The third-order valence-corrected chi connectivity index (χ3v) is 4.82. The molecule has 7 nitrogen and oxygen atoms in total. The van der Waals surface area contributed by atoms with E-state index in [4.69, 9.17) is 17.3 Å². The van der Waals surface area contributed by atoms with Gasteiger partial charge in [0.1, 0.15) is 5.82 Å². The molecule has 0 spiro atoms. The van der Waals surface area contributed by atoms with E-state index in [1.165, 1.54) is 11.8 Å². The summed E-state index contributed by atoms with van der Waals surface area (Å²) in [6.45, 7) is 7.68. The summed E-state index contributed by atoms with van der Waals surface area (Å²) >= 11 is 6.32. The van der Waals surface area contributed by atoms with Crippen molar-refractivity contribution in [3.05, 3.63) is 40.8 Å². The van der Waals surface area contributed by atoms with Crippen LogP contribution in [0, 0.1) is 0 Å². The van der Waals surface area contributed by atoms with E-state index in [0.717, 1.165) is 52.1 Å². The Balaban J connectivity index is 1.61. The Morgan fingerprint density at radius 2 is 2.12 bits per heavy atom. The molecular weight excluding hydrogens is 352 g/mol. The van der Waals surface area contributed by atoms with Crippen molar-refractivity contribution in [2.24, 2.45) is 5.73 Å². The van der Waals surface area contributed by atoms with Crippen molar-refractivity contribution in [1.82, 2.24) is 19.7 Å². The number of anilines is 1. The summed E-state index contributed by atoms with van der Waals surface area (Å²) in [7, 11) is 0. The van der Waals surface area contributed by atoms with Crippen LogP contribution in [0.5, 0.6) is 0 Å².